The van der Waals surface area contributed by atoms with Crippen LogP contribution >= 0.6 is 0 Å². The molecular formula is C10H10N2O4S. The van der Waals surface area contributed by atoms with E-state index < -0.39 is 27.8 Å². The first-order valence-electron chi connectivity index (χ1n) is 4.61. The Kier molecular flexibility index (Phi) is 4.20. The van der Waals surface area contributed by atoms with Crippen LogP contribution < -0.4 is 4.72 Å². The van der Waals surface area contributed by atoms with E-state index in [1.54, 1.807) is 18.2 Å². The van der Waals surface area contributed by atoms with Gasteiger partial charge in [-0.05, 0) is 5.56 Å². The van der Waals surface area contributed by atoms with Crippen molar-refractivity contribution in [3.05, 3.63) is 35.9 Å². The summed E-state index contributed by atoms with van der Waals surface area (Å²) in [7, 11) is -3.92. The van der Waals surface area contributed by atoms with E-state index in [1.165, 1.54) is 18.2 Å². The van der Waals surface area contributed by atoms with Crippen LogP contribution in [0.5, 0.6) is 0 Å². The maximum Gasteiger partial charge on any atom is 0.326 e. The number of carboxylic acid groups (broad SMARTS) is 1. The molecule has 0 saturated heterocycles. The summed E-state index contributed by atoms with van der Waals surface area (Å²) in [5.74, 6) is -2.10. The Labute approximate surface area is 98.6 Å². The fourth-order valence-corrected chi connectivity index (χ4v) is 2.06. The fourth-order valence-electron chi connectivity index (χ4n) is 1.21. The van der Waals surface area contributed by atoms with E-state index in [-0.39, 0.29) is 0 Å². The largest absolute Gasteiger partial charge is 0.480 e. The molecule has 0 amide bonds. The highest BCUT2D eigenvalue weighted by atomic mass is 32.2. The van der Waals surface area contributed by atoms with Gasteiger partial charge in [-0.25, -0.2) is 8.42 Å². The molecule has 0 aliphatic carbocycles. The van der Waals surface area contributed by atoms with Crippen LogP contribution in [-0.2, 0) is 14.8 Å². The zero-order valence-electron chi connectivity index (χ0n) is 8.70. The van der Waals surface area contributed by atoms with Crippen molar-refractivity contribution in [2.45, 2.75) is 6.04 Å². The van der Waals surface area contributed by atoms with Gasteiger partial charge in [-0.1, -0.05) is 30.3 Å². The van der Waals surface area contributed by atoms with E-state index in [9.17, 15) is 13.2 Å². The van der Waals surface area contributed by atoms with Gasteiger partial charge in [0, 0.05) is 0 Å². The maximum atomic E-state index is 11.3. The minimum Gasteiger partial charge on any atom is -0.480 e. The summed E-state index contributed by atoms with van der Waals surface area (Å²) in [6, 6.07) is 7.96. The number of carbonyl (C=O) groups is 1. The lowest BCUT2D eigenvalue weighted by atomic mass is 10.1. The first-order chi connectivity index (χ1) is 7.96. The Morgan fingerprint density at radius 1 is 1.41 bits per heavy atom. The zero-order chi connectivity index (χ0) is 12.9. The highest BCUT2D eigenvalue weighted by molar-refractivity contribution is 7.89. The van der Waals surface area contributed by atoms with Gasteiger partial charge in [-0.3, -0.25) is 4.79 Å². The molecule has 0 radical (unpaired) electrons. The van der Waals surface area contributed by atoms with Crippen LogP contribution in [0.15, 0.2) is 30.3 Å². The number of nitriles is 1. The van der Waals surface area contributed by atoms with Crippen LogP contribution in [0.1, 0.15) is 11.6 Å². The van der Waals surface area contributed by atoms with Crippen LogP contribution in [0.2, 0.25) is 0 Å². The Morgan fingerprint density at radius 3 is 2.47 bits per heavy atom. The van der Waals surface area contributed by atoms with Gasteiger partial charge in [0.25, 0.3) is 0 Å². The van der Waals surface area contributed by atoms with Gasteiger partial charge in [-0.2, -0.15) is 9.98 Å². The fraction of sp³-hybridized carbons (Fsp3) is 0.200. The first-order valence-corrected chi connectivity index (χ1v) is 6.26. The third-order valence-electron chi connectivity index (χ3n) is 1.93. The van der Waals surface area contributed by atoms with Crippen molar-refractivity contribution in [2.75, 3.05) is 5.75 Å². The van der Waals surface area contributed by atoms with Crippen molar-refractivity contribution in [3.63, 3.8) is 0 Å². The number of nitrogens with one attached hydrogen (secondary N) is 1. The van der Waals surface area contributed by atoms with Gasteiger partial charge in [-0.15, -0.1) is 0 Å². The zero-order valence-corrected chi connectivity index (χ0v) is 9.52. The molecule has 2 N–H and O–H groups in total. The number of nitrogens with zero attached hydrogens (tertiary/aromatic N) is 1. The highest BCUT2D eigenvalue weighted by Crippen LogP contribution is 2.13. The number of carboxylic acids is 1. The Bertz CT molecular complexity index is 533. The van der Waals surface area contributed by atoms with Crippen molar-refractivity contribution >= 4 is 16.0 Å². The standard InChI is InChI=1S/C10H10N2O4S/c11-6-7-17(15,16)12-9(10(13)14)8-4-2-1-3-5-8/h1-5,9,12H,7H2,(H,13,14). The topological polar surface area (TPSA) is 107 Å². The average molecular weight is 254 g/mol. The quantitative estimate of drug-likeness (QED) is 0.783. The van der Waals surface area contributed by atoms with Gasteiger partial charge in [0.2, 0.25) is 10.0 Å². The number of aliphatic carboxylic acids is 1. The Hall–Kier alpha value is -1.91. The minimum absolute atomic E-state index is 0.307. The van der Waals surface area contributed by atoms with E-state index in [0.717, 1.165) is 0 Å². The van der Waals surface area contributed by atoms with Crippen LogP contribution in [-0.4, -0.2) is 25.2 Å². The van der Waals surface area contributed by atoms with Gasteiger partial charge in [0.1, 0.15) is 6.04 Å². The van der Waals surface area contributed by atoms with Crippen LogP contribution in [0, 0.1) is 11.3 Å². The summed E-state index contributed by atoms with van der Waals surface area (Å²) >= 11 is 0. The number of sulfonamides is 1. The van der Waals surface area contributed by atoms with Gasteiger partial charge >= 0.3 is 5.97 Å². The van der Waals surface area contributed by atoms with Crippen molar-refractivity contribution in [1.82, 2.24) is 4.72 Å². The molecule has 0 aliphatic heterocycles. The normalized spacial score (nSPS) is 12.6. The SMILES string of the molecule is N#CCS(=O)(=O)NC(C(=O)O)c1ccccc1. The predicted octanol–water partition coefficient (Wildman–Crippen LogP) is 0.255. The molecule has 6 nitrogen and oxygen atoms in total. The van der Waals surface area contributed by atoms with Gasteiger partial charge < -0.3 is 5.11 Å². The van der Waals surface area contributed by atoms with Crippen molar-refractivity contribution in [2.24, 2.45) is 0 Å². The molecular weight excluding hydrogens is 244 g/mol. The number of rotatable bonds is 5. The molecule has 0 fully saturated rings. The summed E-state index contributed by atoms with van der Waals surface area (Å²) in [5, 5.41) is 17.3. The maximum absolute atomic E-state index is 11.3. The first kappa shape index (κ1) is 13.2. The van der Waals surface area contributed by atoms with Crippen molar-refractivity contribution < 1.29 is 18.3 Å². The molecule has 90 valence electrons. The van der Waals surface area contributed by atoms with Crippen molar-refractivity contribution in [3.8, 4) is 6.07 Å². The monoisotopic (exact) mass is 254 g/mol. The highest BCUT2D eigenvalue weighted by Gasteiger charge is 2.25. The Balaban J connectivity index is 2.98. The smallest absolute Gasteiger partial charge is 0.326 e. The lowest BCUT2D eigenvalue weighted by Crippen LogP contribution is -2.34. The number of hydrogen-bond acceptors (Lipinski definition) is 4. The van der Waals surface area contributed by atoms with E-state index in [0.29, 0.717) is 5.56 Å². The molecule has 1 aromatic rings. The van der Waals surface area contributed by atoms with E-state index in [2.05, 4.69) is 0 Å². The summed E-state index contributed by atoms with van der Waals surface area (Å²) in [4.78, 5) is 11.0. The lowest BCUT2D eigenvalue weighted by molar-refractivity contribution is -0.139. The molecule has 17 heavy (non-hydrogen) atoms. The minimum atomic E-state index is -3.92. The molecule has 0 aromatic heterocycles. The second-order valence-corrected chi connectivity index (χ2v) is 4.97. The summed E-state index contributed by atoms with van der Waals surface area (Å²) < 4.78 is 24.6. The van der Waals surface area contributed by atoms with Gasteiger partial charge in [0.15, 0.2) is 5.75 Å². The molecule has 7 heteroatoms. The molecule has 1 unspecified atom stereocenters. The molecule has 1 rings (SSSR count). The molecule has 1 aromatic carbocycles. The van der Waals surface area contributed by atoms with Crippen LogP contribution in [0.4, 0.5) is 0 Å². The van der Waals surface area contributed by atoms with E-state index in [4.69, 9.17) is 10.4 Å². The van der Waals surface area contributed by atoms with Gasteiger partial charge in [0.05, 0.1) is 6.07 Å². The average Bonchev–Trinajstić information content (AvgIpc) is 2.27. The van der Waals surface area contributed by atoms with E-state index in [1.807, 2.05) is 4.72 Å². The molecule has 0 saturated carbocycles. The summed E-state index contributed by atoms with van der Waals surface area (Å²) in [6.07, 6.45) is 0. The molecule has 0 heterocycles. The number of benzene rings is 1. The Morgan fingerprint density at radius 2 is 2.00 bits per heavy atom. The molecule has 0 spiro atoms. The van der Waals surface area contributed by atoms with Crippen molar-refractivity contribution in [1.29, 1.82) is 5.26 Å². The molecule has 0 aliphatic rings. The lowest BCUT2D eigenvalue weighted by Gasteiger charge is -2.13. The summed E-state index contributed by atoms with van der Waals surface area (Å²) in [5.41, 5.74) is 0.307. The third-order valence-corrected chi connectivity index (χ3v) is 3.04. The second kappa shape index (κ2) is 5.43. The molecule has 0 bridgehead atoms. The predicted molar refractivity (Wildman–Crippen MR) is 59.4 cm³/mol. The number of hydrogen-bond donors (Lipinski definition) is 2. The third kappa shape index (κ3) is 3.86. The van der Waals surface area contributed by atoms with Crippen LogP contribution in [0.25, 0.3) is 0 Å². The summed E-state index contributed by atoms with van der Waals surface area (Å²) in [6.45, 7) is 0. The van der Waals surface area contributed by atoms with E-state index >= 15 is 0 Å². The van der Waals surface area contributed by atoms with Crippen LogP contribution in [0.3, 0.4) is 0 Å². The molecule has 1 atom stereocenters. The second-order valence-electron chi connectivity index (χ2n) is 3.22.